The number of aryl methyl sites for hydroxylation is 1. The first kappa shape index (κ1) is 21.8. The van der Waals surface area contributed by atoms with Gasteiger partial charge in [-0.1, -0.05) is 36.4 Å². The van der Waals surface area contributed by atoms with Gasteiger partial charge in [0, 0.05) is 17.1 Å². The van der Waals surface area contributed by atoms with E-state index >= 15 is 0 Å². The van der Waals surface area contributed by atoms with Crippen LogP contribution in [0.1, 0.15) is 16.1 Å². The van der Waals surface area contributed by atoms with Crippen LogP contribution in [-0.4, -0.2) is 10.8 Å². The van der Waals surface area contributed by atoms with E-state index in [9.17, 15) is 19.7 Å². The summed E-state index contributed by atoms with van der Waals surface area (Å²) in [6, 6.07) is 23.4. The Balaban J connectivity index is 1.39. The summed E-state index contributed by atoms with van der Waals surface area (Å²) in [6.45, 7) is 1.83. The van der Waals surface area contributed by atoms with Crippen LogP contribution >= 0.6 is 0 Å². The minimum Gasteiger partial charge on any atom is -0.451 e. The first-order valence-electron chi connectivity index (χ1n) is 10.7. The molecule has 0 aliphatic heterocycles. The van der Waals surface area contributed by atoms with E-state index in [1.54, 1.807) is 54.6 Å². The molecule has 1 amide bonds. The predicted molar refractivity (Wildman–Crippen MR) is 131 cm³/mol. The number of furan rings is 1. The van der Waals surface area contributed by atoms with E-state index in [-0.39, 0.29) is 22.8 Å². The first-order valence-corrected chi connectivity index (χ1v) is 10.7. The molecule has 1 N–H and O–H groups in total. The van der Waals surface area contributed by atoms with Crippen molar-refractivity contribution in [2.24, 2.45) is 0 Å². The highest BCUT2D eigenvalue weighted by atomic mass is 16.6. The lowest BCUT2D eigenvalue weighted by Crippen LogP contribution is -2.11. The van der Waals surface area contributed by atoms with Crippen molar-refractivity contribution < 1.29 is 18.6 Å². The Hall–Kier alpha value is -4.98. The van der Waals surface area contributed by atoms with Crippen molar-refractivity contribution in [1.82, 2.24) is 0 Å². The number of anilines is 1. The maximum Gasteiger partial charge on any atom is 0.344 e. The summed E-state index contributed by atoms with van der Waals surface area (Å²) >= 11 is 0. The summed E-state index contributed by atoms with van der Waals surface area (Å²) in [4.78, 5) is 36.1. The molecule has 0 spiro atoms. The number of amides is 1. The third kappa shape index (κ3) is 4.20. The molecule has 2 heterocycles. The van der Waals surface area contributed by atoms with Gasteiger partial charge in [0.25, 0.3) is 11.6 Å². The van der Waals surface area contributed by atoms with Gasteiger partial charge in [-0.3, -0.25) is 14.9 Å². The van der Waals surface area contributed by atoms with Crippen molar-refractivity contribution in [3.05, 3.63) is 117 Å². The summed E-state index contributed by atoms with van der Waals surface area (Å²) in [5.41, 5.74) is 2.64. The number of nitro groups is 1. The van der Waals surface area contributed by atoms with Gasteiger partial charge < -0.3 is 14.2 Å². The van der Waals surface area contributed by atoms with Crippen molar-refractivity contribution in [2.75, 3.05) is 5.32 Å². The molecule has 8 heteroatoms. The molecule has 0 bridgehead atoms. The number of carbonyl (C=O) groups is 1. The highest BCUT2D eigenvalue weighted by molar-refractivity contribution is 6.03. The van der Waals surface area contributed by atoms with Crippen LogP contribution in [0.3, 0.4) is 0 Å². The molecule has 2 aromatic heterocycles. The molecule has 35 heavy (non-hydrogen) atoms. The normalized spacial score (nSPS) is 10.9. The lowest BCUT2D eigenvalue weighted by Gasteiger charge is -2.09. The number of fused-ring (bicyclic) bond motifs is 1. The summed E-state index contributed by atoms with van der Waals surface area (Å²) in [7, 11) is 0. The molecule has 0 atom stereocenters. The molecular weight excluding hydrogens is 448 g/mol. The quantitative estimate of drug-likeness (QED) is 0.188. The summed E-state index contributed by atoms with van der Waals surface area (Å²) in [5.74, 6) is -0.278. The highest BCUT2D eigenvalue weighted by Gasteiger charge is 2.19. The first-order chi connectivity index (χ1) is 16.9. The largest absolute Gasteiger partial charge is 0.451 e. The van der Waals surface area contributed by atoms with Crippen LogP contribution in [0.25, 0.3) is 33.4 Å². The monoisotopic (exact) mass is 466 g/mol. The fourth-order valence-electron chi connectivity index (χ4n) is 3.93. The molecule has 8 nitrogen and oxygen atoms in total. The number of hydrogen-bond acceptors (Lipinski definition) is 6. The fraction of sp³-hybridized carbons (Fsp3) is 0.0370. The molecule has 0 saturated heterocycles. The molecule has 0 saturated carbocycles. The second-order valence-corrected chi connectivity index (χ2v) is 7.91. The van der Waals surface area contributed by atoms with Crippen LogP contribution < -0.4 is 10.9 Å². The van der Waals surface area contributed by atoms with E-state index in [0.29, 0.717) is 22.4 Å². The number of nitrogens with one attached hydrogen (secondary N) is 1. The van der Waals surface area contributed by atoms with Crippen molar-refractivity contribution >= 4 is 28.3 Å². The lowest BCUT2D eigenvalue weighted by atomic mass is 10.0. The van der Waals surface area contributed by atoms with Crippen LogP contribution in [0.4, 0.5) is 11.4 Å². The van der Waals surface area contributed by atoms with Gasteiger partial charge in [-0.05, 0) is 60.5 Å². The Labute approximate surface area is 198 Å². The average molecular weight is 466 g/mol. The Morgan fingerprint density at radius 2 is 1.63 bits per heavy atom. The average Bonchev–Trinajstić information content (AvgIpc) is 3.34. The van der Waals surface area contributed by atoms with Crippen LogP contribution in [0, 0.1) is 17.0 Å². The Kier molecular flexibility index (Phi) is 5.46. The Morgan fingerprint density at radius 1 is 0.857 bits per heavy atom. The molecular formula is C27H18N2O6. The van der Waals surface area contributed by atoms with Gasteiger partial charge in [0.2, 0.25) is 0 Å². The third-order valence-corrected chi connectivity index (χ3v) is 5.61. The van der Waals surface area contributed by atoms with E-state index in [1.807, 2.05) is 19.1 Å². The van der Waals surface area contributed by atoms with Gasteiger partial charge in [-0.2, -0.15) is 0 Å². The molecule has 0 unspecified atom stereocenters. The van der Waals surface area contributed by atoms with Gasteiger partial charge in [0.1, 0.15) is 11.3 Å². The van der Waals surface area contributed by atoms with Crippen molar-refractivity contribution in [3.63, 3.8) is 0 Å². The van der Waals surface area contributed by atoms with E-state index in [1.165, 1.54) is 18.2 Å². The number of carbonyl (C=O) groups excluding carboxylic acids is 1. The van der Waals surface area contributed by atoms with Crippen LogP contribution in [0.2, 0.25) is 0 Å². The number of nitro benzene ring substituents is 1. The van der Waals surface area contributed by atoms with E-state index in [2.05, 4.69) is 5.32 Å². The highest BCUT2D eigenvalue weighted by Crippen LogP contribution is 2.31. The smallest absolute Gasteiger partial charge is 0.344 e. The Bertz CT molecular complexity index is 1660. The van der Waals surface area contributed by atoms with Crippen molar-refractivity contribution in [2.45, 2.75) is 6.92 Å². The summed E-state index contributed by atoms with van der Waals surface area (Å²) in [6.07, 6.45) is 0. The van der Waals surface area contributed by atoms with Gasteiger partial charge in [-0.25, -0.2) is 4.79 Å². The molecule has 5 aromatic rings. The van der Waals surface area contributed by atoms with E-state index < -0.39 is 16.5 Å². The number of rotatable bonds is 5. The van der Waals surface area contributed by atoms with Crippen molar-refractivity contribution in [3.8, 4) is 22.5 Å². The van der Waals surface area contributed by atoms with Crippen molar-refractivity contribution in [1.29, 1.82) is 0 Å². The number of hydrogen-bond donors (Lipinski definition) is 1. The fourth-order valence-corrected chi connectivity index (χ4v) is 3.93. The number of benzene rings is 3. The minimum absolute atomic E-state index is 0.00931. The van der Waals surface area contributed by atoms with E-state index in [0.717, 1.165) is 10.9 Å². The zero-order valence-corrected chi connectivity index (χ0v) is 18.5. The maximum atomic E-state index is 12.7. The van der Waals surface area contributed by atoms with Crippen LogP contribution in [0.15, 0.2) is 98.6 Å². The maximum absolute atomic E-state index is 12.7. The second kappa shape index (κ2) is 8.75. The molecule has 172 valence electrons. The molecule has 3 aromatic carbocycles. The standard InChI is InChI=1S/C27H18N2O6/c1-16-14-18(10-11-19(16)21-15-17-6-2-5-9-23(17)35-27(21)31)28-26(30)25-13-12-24(34-25)20-7-3-4-8-22(20)29(32)33/h2-15H,1H3,(H,28,30). The van der Waals surface area contributed by atoms with Gasteiger partial charge >= 0.3 is 5.63 Å². The van der Waals surface area contributed by atoms with Crippen LogP contribution in [0.5, 0.6) is 0 Å². The number of para-hydroxylation sites is 2. The third-order valence-electron chi connectivity index (χ3n) is 5.61. The van der Waals surface area contributed by atoms with Gasteiger partial charge in [-0.15, -0.1) is 0 Å². The zero-order valence-electron chi connectivity index (χ0n) is 18.5. The zero-order chi connectivity index (χ0) is 24.5. The van der Waals surface area contributed by atoms with Crippen LogP contribution in [-0.2, 0) is 0 Å². The van der Waals surface area contributed by atoms with E-state index in [4.69, 9.17) is 8.83 Å². The molecule has 5 rings (SSSR count). The van der Waals surface area contributed by atoms with Gasteiger partial charge in [0.15, 0.2) is 5.76 Å². The lowest BCUT2D eigenvalue weighted by molar-refractivity contribution is -0.384. The molecule has 0 aliphatic rings. The molecule has 0 fully saturated rings. The minimum atomic E-state index is -0.507. The van der Waals surface area contributed by atoms with Gasteiger partial charge in [0.05, 0.1) is 16.1 Å². The predicted octanol–water partition coefficient (Wildman–Crippen LogP) is 6.19. The Morgan fingerprint density at radius 3 is 2.43 bits per heavy atom. The molecule has 0 aliphatic carbocycles. The molecule has 0 radical (unpaired) electrons. The number of nitrogens with zero attached hydrogens (tertiary/aromatic N) is 1. The second-order valence-electron chi connectivity index (χ2n) is 7.91. The summed E-state index contributed by atoms with van der Waals surface area (Å²) in [5, 5.41) is 14.9. The SMILES string of the molecule is Cc1cc(NC(=O)c2ccc(-c3ccccc3[N+](=O)[O-])o2)ccc1-c1cc2ccccc2oc1=O. The topological polar surface area (TPSA) is 116 Å². The summed E-state index contributed by atoms with van der Waals surface area (Å²) < 4.78 is 11.0.